The average Bonchev–Trinajstić information content (AvgIpc) is 3.14. The van der Waals surface area contributed by atoms with Gasteiger partial charge in [-0.05, 0) is 42.0 Å². The van der Waals surface area contributed by atoms with Gasteiger partial charge in [-0.2, -0.15) is 5.10 Å². The van der Waals surface area contributed by atoms with Crippen LogP contribution < -0.4 is 10.2 Å². The highest BCUT2D eigenvalue weighted by molar-refractivity contribution is 7.99. The molecule has 160 valence electrons. The summed E-state index contributed by atoms with van der Waals surface area (Å²) in [6, 6.07) is 13.6. The Labute approximate surface area is 188 Å². The number of hydrazone groups is 1. The van der Waals surface area contributed by atoms with Gasteiger partial charge in [-0.25, -0.2) is 5.43 Å². The molecule has 3 aromatic rings. The predicted octanol–water partition coefficient (Wildman–Crippen LogP) is 3.64. The summed E-state index contributed by atoms with van der Waals surface area (Å²) in [5.74, 6) is 1.21. The third kappa shape index (κ3) is 6.87. The zero-order valence-corrected chi connectivity index (χ0v) is 18.0. The van der Waals surface area contributed by atoms with Crippen molar-refractivity contribution < 1.29 is 14.6 Å². The molecule has 1 heterocycles. The molecule has 1 aromatic heterocycles. The molecule has 2 aromatic carbocycles. The zero-order valence-electron chi connectivity index (χ0n) is 16.4. The first-order chi connectivity index (χ1) is 15.0. The van der Waals surface area contributed by atoms with E-state index in [9.17, 15) is 9.90 Å². The Hall–Kier alpha value is -3.30. The molecule has 0 radical (unpaired) electrons. The molecule has 0 saturated carbocycles. The Kier molecular flexibility index (Phi) is 8.08. The smallest absolute Gasteiger partial charge is 0.250 e. The van der Waals surface area contributed by atoms with Crippen LogP contribution in [-0.2, 0) is 17.9 Å². The van der Waals surface area contributed by atoms with Gasteiger partial charge in [0.05, 0.1) is 12.0 Å². The number of phenols is 1. The third-order valence-corrected chi connectivity index (χ3v) is 5.11. The van der Waals surface area contributed by atoms with E-state index in [0.29, 0.717) is 33.9 Å². The molecular weight excluding hydrogens is 438 g/mol. The van der Waals surface area contributed by atoms with Crippen molar-refractivity contribution in [3.05, 3.63) is 77.6 Å². The second-order valence-corrected chi connectivity index (χ2v) is 7.60. The molecule has 0 bridgehead atoms. The molecule has 0 fully saturated rings. The minimum absolute atomic E-state index is 0.102. The molecule has 0 saturated heterocycles. The lowest BCUT2D eigenvalue weighted by Crippen LogP contribution is -2.20. The Morgan fingerprint density at radius 3 is 2.84 bits per heavy atom. The molecule has 0 aliphatic carbocycles. The Bertz CT molecular complexity index is 1070. The first kappa shape index (κ1) is 22.4. The van der Waals surface area contributed by atoms with Gasteiger partial charge in [0.25, 0.3) is 5.91 Å². The lowest BCUT2D eigenvalue weighted by atomic mass is 10.2. The number of phenolic OH excluding ortho intramolecular Hbond substituents is 1. The van der Waals surface area contributed by atoms with Gasteiger partial charge >= 0.3 is 0 Å². The van der Waals surface area contributed by atoms with E-state index >= 15 is 0 Å². The van der Waals surface area contributed by atoms with Crippen LogP contribution in [0.4, 0.5) is 0 Å². The van der Waals surface area contributed by atoms with E-state index in [0.717, 1.165) is 0 Å². The van der Waals surface area contributed by atoms with Crippen LogP contribution in [0.5, 0.6) is 11.5 Å². The van der Waals surface area contributed by atoms with Gasteiger partial charge in [0.15, 0.2) is 11.0 Å². The van der Waals surface area contributed by atoms with Crippen LogP contribution in [0, 0.1) is 0 Å². The zero-order chi connectivity index (χ0) is 22.1. The van der Waals surface area contributed by atoms with Crippen molar-refractivity contribution in [3.8, 4) is 11.5 Å². The minimum atomic E-state index is -0.298. The molecule has 31 heavy (non-hydrogen) atoms. The van der Waals surface area contributed by atoms with Crippen molar-refractivity contribution in [1.29, 1.82) is 0 Å². The van der Waals surface area contributed by atoms with E-state index in [1.807, 2.05) is 4.57 Å². The quantitative estimate of drug-likeness (QED) is 0.208. The van der Waals surface area contributed by atoms with E-state index in [1.165, 1.54) is 24.0 Å². The third-order valence-electron chi connectivity index (χ3n) is 3.89. The second-order valence-electron chi connectivity index (χ2n) is 6.22. The highest BCUT2D eigenvalue weighted by atomic mass is 35.5. The molecule has 0 aliphatic rings. The first-order valence-corrected chi connectivity index (χ1v) is 10.6. The summed E-state index contributed by atoms with van der Waals surface area (Å²) < 4.78 is 7.57. The van der Waals surface area contributed by atoms with E-state index < -0.39 is 0 Å². The van der Waals surface area contributed by atoms with Gasteiger partial charge < -0.3 is 9.84 Å². The van der Waals surface area contributed by atoms with Gasteiger partial charge in [-0.3, -0.25) is 9.36 Å². The van der Waals surface area contributed by atoms with E-state index in [4.69, 9.17) is 16.3 Å². The summed E-state index contributed by atoms with van der Waals surface area (Å²) in [7, 11) is 0. The maximum atomic E-state index is 12.1. The SMILES string of the molecule is C=CCn1c(COc2ccc(Cl)cc2)nnc1SCC(=O)N/N=C\c1cccc(O)c1. The number of halogens is 1. The van der Waals surface area contributed by atoms with Crippen LogP contribution in [0.3, 0.4) is 0 Å². The van der Waals surface area contributed by atoms with Gasteiger partial charge in [0.2, 0.25) is 0 Å². The number of hydrogen-bond acceptors (Lipinski definition) is 7. The van der Waals surface area contributed by atoms with Crippen LogP contribution >= 0.6 is 23.4 Å². The number of thioether (sulfide) groups is 1. The van der Waals surface area contributed by atoms with Crippen molar-refractivity contribution in [2.45, 2.75) is 18.3 Å². The molecule has 1 amide bonds. The Balaban J connectivity index is 1.54. The summed E-state index contributed by atoms with van der Waals surface area (Å²) in [5, 5.41) is 22.8. The van der Waals surface area contributed by atoms with Crippen molar-refractivity contribution in [1.82, 2.24) is 20.2 Å². The molecule has 0 spiro atoms. The number of nitrogens with zero attached hydrogens (tertiary/aromatic N) is 4. The number of amides is 1. The lowest BCUT2D eigenvalue weighted by molar-refractivity contribution is -0.118. The second kappa shape index (κ2) is 11.2. The summed E-state index contributed by atoms with van der Waals surface area (Å²) >= 11 is 7.11. The predicted molar refractivity (Wildman–Crippen MR) is 121 cm³/mol. The number of carbonyl (C=O) groups excluding carboxylic acids is 1. The van der Waals surface area contributed by atoms with Crippen molar-refractivity contribution in [3.63, 3.8) is 0 Å². The number of benzene rings is 2. The molecule has 2 N–H and O–H groups in total. The average molecular weight is 458 g/mol. The Morgan fingerprint density at radius 1 is 1.29 bits per heavy atom. The van der Waals surface area contributed by atoms with Gasteiger partial charge in [0.1, 0.15) is 18.1 Å². The van der Waals surface area contributed by atoms with Crippen LogP contribution in [0.25, 0.3) is 0 Å². The lowest BCUT2D eigenvalue weighted by Gasteiger charge is -2.09. The largest absolute Gasteiger partial charge is 0.508 e. The highest BCUT2D eigenvalue weighted by Gasteiger charge is 2.14. The number of allylic oxidation sites excluding steroid dienone is 1. The summed E-state index contributed by atoms with van der Waals surface area (Å²) in [6.07, 6.45) is 3.17. The van der Waals surface area contributed by atoms with Gasteiger partial charge in [-0.1, -0.05) is 41.6 Å². The molecule has 3 rings (SSSR count). The number of aromatic nitrogens is 3. The number of ether oxygens (including phenoxy) is 1. The number of nitrogens with one attached hydrogen (secondary N) is 1. The number of hydrogen-bond donors (Lipinski definition) is 2. The maximum absolute atomic E-state index is 12.1. The van der Waals surface area contributed by atoms with Gasteiger partial charge in [0, 0.05) is 11.6 Å². The molecule has 8 nitrogen and oxygen atoms in total. The fraction of sp³-hybridized carbons (Fsp3) is 0.143. The number of rotatable bonds is 10. The van der Waals surface area contributed by atoms with Crippen molar-refractivity contribution in [2.24, 2.45) is 5.10 Å². The van der Waals surface area contributed by atoms with Crippen LogP contribution in [0.2, 0.25) is 5.02 Å². The standard InChI is InChI=1S/C21H20ClN5O3S/c1-2-10-27-19(13-30-18-8-6-16(22)7-9-18)24-26-21(27)31-14-20(29)25-23-12-15-4-3-5-17(28)11-15/h2-9,11-12,28H,1,10,13-14H2,(H,25,29)/b23-12-. The van der Waals surface area contributed by atoms with Crippen LogP contribution in [0.1, 0.15) is 11.4 Å². The summed E-state index contributed by atoms with van der Waals surface area (Å²) in [6.45, 7) is 4.45. The Morgan fingerprint density at radius 2 is 2.10 bits per heavy atom. The number of carbonyl (C=O) groups is 1. The topological polar surface area (TPSA) is 102 Å². The molecule has 10 heteroatoms. The maximum Gasteiger partial charge on any atom is 0.250 e. The van der Waals surface area contributed by atoms with E-state index in [2.05, 4.69) is 27.3 Å². The molecule has 0 unspecified atom stereocenters. The van der Waals surface area contributed by atoms with E-state index in [-0.39, 0.29) is 24.0 Å². The normalized spacial score (nSPS) is 10.9. The van der Waals surface area contributed by atoms with Gasteiger partial charge in [-0.15, -0.1) is 16.8 Å². The monoisotopic (exact) mass is 457 g/mol. The van der Waals surface area contributed by atoms with Crippen LogP contribution in [0.15, 0.2) is 71.4 Å². The fourth-order valence-corrected chi connectivity index (χ4v) is 3.36. The highest BCUT2D eigenvalue weighted by Crippen LogP contribution is 2.20. The fourth-order valence-electron chi connectivity index (χ4n) is 2.47. The minimum Gasteiger partial charge on any atom is -0.508 e. The first-order valence-electron chi connectivity index (χ1n) is 9.20. The number of aromatic hydroxyl groups is 1. The molecular formula is C21H20ClN5O3S. The molecule has 0 aliphatic heterocycles. The van der Waals surface area contributed by atoms with Crippen LogP contribution in [-0.4, -0.2) is 37.7 Å². The molecule has 0 atom stereocenters. The summed E-state index contributed by atoms with van der Waals surface area (Å²) in [5.41, 5.74) is 3.12. The van der Waals surface area contributed by atoms with Crippen molar-refractivity contribution in [2.75, 3.05) is 5.75 Å². The summed E-state index contributed by atoms with van der Waals surface area (Å²) in [4.78, 5) is 12.1. The van der Waals surface area contributed by atoms with Crippen molar-refractivity contribution >= 4 is 35.5 Å². The van der Waals surface area contributed by atoms with E-state index in [1.54, 1.807) is 48.5 Å².